The zero-order valence-electron chi connectivity index (χ0n) is 13.4. The van der Waals surface area contributed by atoms with Crippen molar-refractivity contribution < 1.29 is 23.4 Å². The van der Waals surface area contributed by atoms with E-state index < -0.39 is 29.4 Å². The molecule has 0 bridgehead atoms. The summed E-state index contributed by atoms with van der Waals surface area (Å²) < 4.78 is 32.0. The molecule has 1 aliphatic carbocycles. The highest BCUT2D eigenvalue weighted by atomic mass is 19.2. The number of benzene rings is 1. The van der Waals surface area contributed by atoms with Crippen molar-refractivity contribution in [2.45, 2.75) is 49.9 Å². The first-order chi connectivity index (χ1) is 11.5. The van der Waals surface area contributed by atoms with Crippen molar-refractivity contribution >= 4 is 6.03 Å². The lowest BCUT2D eigenvalue weighted by Crippen LogP contribution is -2.48. The number of halogens is 2. The van der Waals surface area contributed by atoms with E-state index in [0.29, 0.717) is 31.4 Å². The number of hydrogen-bond donors (Lipinski definition) is 3. The van der Waals surface area contributed by atoms with Crippen molar-refractivity contribution in [2.75, 3.05) is 13.2 Å². The van der Waals surface area contributed by atoms with Crippen LogP contribution in [0.25, 0.3) is 0 Å². The van der Waals surface area contributed by atoms with Crippen LogP contribution in [0, 0.1) is 11.6 Å². The predicted molar refractivity (Wildman–Crippen MR) is 83.4 cm³/mol. The summed E-state index contributed by atoms with van der Waals surface area (Å²) in [5, 5.41) is 15.7. The van der Waals surface area contributed by atoms with Crippen molar-refractivity contribution in [3.63, 3.8) is 0 Å². The lowest BCUT2D eigenvalue weighted by molar-refractivity contribution is 0.0497. The number of rotatable bonds is 4. The highest BCUT2D eigenvalue weighted by Crippen LogP contribution is 2.30. The summed E-state index contributed by atoms with van der Waals surface area (Å²) in [4.78, 5) is 12.1. The van der Waals surface area contributed by atoms with Crippen LogP contribution in [0.2, 0.25) is 0 Å². The van der Waals surface area contributed by atoms with Crippen molar-refractivity contribution in [1.29, 1.82) is 0 Å². The molecule has 24 heavy (non-hydrogen) atoms. The zero-order valence-corrected chi connectivity index (χ0v) is 13.4. The molecule has 132 valence electrons. The Labute approximate surface area is 139 Å². The molecule has 2 amide bonds. The first kappa shape index (κ1) is 17.1. The van der Waals surface area contributed by atoms with E-state index in [-0.39, 0.29) is 12.6 Å². The van der Waals surface area contributed by atoms with Gasteiger partial charge in [-0.2, -0.15) is 0 Å². The van der Waals surface area contributed by atoms with Gasteiger partial charge >= 0.3 is 6.03 Å². The lowest BCUT2D eigenvalue weighted by Gasteiger charge is -2.24. The van der Waals surface area contributed by atoms with Gasteiger partial charge in [-0.1, -0.05) is 18.9 Å². The third-order valence-electron chi connectivity index (χ3n) is 4.79. The minimum atomic E-state index is -0.936. The van der Waals surface area contributed by atoms with Crippen molar-refractivity contribution in [3.8, 4) is 0 Å². The normalized spacial score (nSPS) is 25.6. The molecule has 1 aliphatic heterocycles. The van der Waals surface area contributed by atoms with Crippen LogP contribution in [0.4, 0.5) is 13.6 Å². The second-order valence-electron chi connectivity index (χ2n) is 6.62. The van der Waals surface area contributed by atoms with Crippen LogP contribution in [0.1, 0.15) is 43.8 Å². The number of carbonyl (C=O) groups excluding carboxylic acids is 1. The number of nitrogens with one attached hydrogen (secondary N) is 2. The van der Waals surface area contributed by atoms with Crippen LogP contribution in [0.15, 0.2) is 18.2 Å². The topological polar surface area (TPSA) is 70.6 Å². The summed E-state index contributed by atoms with van der Waals surface area (Å²) in [5.41, 5.74) is -0.325. The Balaban J connectivity index is 1.57. The molecule has 3 N–H and O–H groups in total. The average Bonchev–Trinajstić information content (AvgIpc) is 3.18. The maximum absolute atomic E-state index is 13.4. The van der Waals surface area contributed by atoms with Crippen LogP contribution in [-0.4, -0.2) is 35.9 Å². The van der Waals surface area contributed by atoms with Gasteiger partial charge in [-0.3, -0.25) is 0 Å². The molecule has 7 heteroatoms. The van der Waals surface area contributed by atoms with Gasteiger partial charge in [0, 0.05) is 13.2 Å². The Morgan fingerprint density at radius 1 is 1.29 bits per heavy atom. The number of ether oxygens (including phenoxy) is 1. The molecule has 3 rings (SSSR count). The minimum absolute atomic E-state index is 0.211. The Kier molecular flexibility index (Phi) is 5.01. The minimum Gasteiger partial charge on any atom is -0.388 e. The molecular weight excluding hydrogens is 318 g/mol. The quantitative estimate of drug-likeness (QED) is 0.788. The van der Waals surface area contributed by atoms with E-state index in [0.717, 1.165) is 25.0 Å². The van der Waals surface area contributed by atoms with Gasteiger partial charge in [-0.05, 0) is 37.0 Å². The van der Waals surface area contributed by atoms with Gasteiger partial charge in [-0.15, -0.1) is 0 Å². The third-order valence-corrected chi connectivity index (χ3v) is 4.79. The molecule has 1 saturated carbocycles. The molecule has 1 aromatic carbocycles. The molecule has 1 aromatic rings. The largest absolute Gasteiger partial charge is 0.388 e. The van der Waals surface area contributed by atoms with Crippen molar-refractivity contribution in [3.05, 3.63) is 35.4 Å². The molecule has 0 unspecified atom stereocenters. The standard InChI is InChI=1S/C17H22F2N2O3/c18-12-4-3-11(9-13(12)19)15-14(5-8-24-15)21-16(22)20-10-17(23)6-1-2-7-17/h3-4,9,14-15,23H,1-2,5-8,10H2,(H2,20,21,22)/t14-,15-/m1/s1. The number of urea groups is 1. The first-order valence-corrected chi connectivity index (χ1v) is 8.30. The molecule has 5 nitrogen and oxygen atoms in total. The van der Waals surface area contributed by atoms with E-state index in [4.69, 9.17) is 4.74 Å². The number of amides is 2. The third kappa shape index (κ3) is 3.84. The zero-order chi connectivity index (χ0) is 17.2. The van der Waals surface area contributed by atoms with Gasteiger partial charge in [0.25, 0.3) is 0 Å². The number of carbonyl (C=O) groups is 1. The van der Waals surface area contributed by atoms with Crippen LogP contribution in [0.3, 0.4) is 0 Å². The summed E-state index contributed by atoms with van der Waals surface area (Å²) in [6.45, 7) is 0.640. The van der Waals surface area contributed by atoms with Crippen LogP contribution < -0.4 is 10.6 Å². The molecule has 1 heterocycles. The highest BCUT2D eigenvalue weighted by molar-refractivity contribution is 5.74. The second kappa shape index (κ2) is 7.03. The fourth-order valence-electron chi connectivity index (χ4n) is 3.43. The maximum Gasteiger partial charge on any atom is 0.315 e. The van der Waals surface area contributed by atoms with Gasteiger partial charge in [0.1, 0.15) is 6.10 Å². The van der Waals surface area contributed by atoms with Crippen LogP contribution in [-0.2, 0) is 4.74 Å². The summed E-state index contributed by atoms with van der Waals surface area (Å²) in [5.74, 6) is -1.85. The molecule has 2 fully saturated rings. The smallest absolute Gasteiger partial charge is 0.315 e. The van der Waals surface area contributed by atoms with E-state index >= 15 is 0 Å². The molecule has 2 atom stereocenters. The Bertz CT molecular complexity index is 605. The van der Waals surface area contributed by atoms with Crippen molar-refractivity contribution in [2.24, 2.45) is 0 Å². The fourth-order valence-corrected chi connectivity index (χ4v) is 3.43. The average molecular weight is 340 g/mol. The van der Waals surface area contributed by atoms with Gasteiger partial charge in [0.05, 0.1) is 11.6 Å². The summed E-state index contributed by atoms with van der Waals surface area (Å²) in [6, 6.07) is 2.90. The summed E-state index contributed by atoms with van der Waals surface area (Å²) >= 11 is 0. The maximum atomic E-state index is 13.4. The fraction of sp³-hybridized carbons (Fsp3) is 0.588. The van der Waals surface area contributed by atoms with Gasteiger partial charge in [0.15, 0.2) is 11.6 Å². The molecule has 0 aromatic heterocycles. The Morgan fingerprint density at radius 2 is 2.04 bits per heavy atom. The molecule has 1 saturated heterocycles. The van der Waals surface area contributed by atoms with Crippen LogP contribution >= 0.6 is 0 Å². The monoisotopic (exact) mass is 340 g/mol. The lowest BCUT2D eigenvalue weighted by atomic mass is 10.0. The number of aliphatic hydroxyl groups is 1. The first-order valence-electron chi connectivity index (χ1n) is 8.30. The second-order valence-corrected chi connectivity index (χ2v) is 6.62. The Morgan fingerprint density at radius 3 is 2.75 bits per heavy atom. The highest BCUT2D eigenvalue weighted by Gasteiger charge is 2.34. The van der Waals surface area contributed by atoms with E-state index in [1.807, 2.05) is 0 Å². The van der Waals surface area contributed by atoms with Gasteiger partial charge in [-0.25, -0.2) is 13.6 Å². The van der Waals surface area contributed by atoms with E-state index in [9.17, 15) is 18.7 Å². The van der Waals surface area contributed by atoms with Gasteiger partial charge < -0.3 is 20.5 Å². The van der Waals surface area contributed by atoms with Gasteiger partial charge in [0.2, 0.25) is 0 Å². The van der Waals surface area contributed by atoms with E-state index in [1.54, 1.807) is 0 Å². The molecule has 2 aliphatic rings. The van der Waals surface area contributed by atoms with E-state index in [2.05, 4.69) is 10.6 Å². The molecule has 0 spiro atoms. The predicted octanol–water partition coefficient (Wildman–Crippen LogP) is 2.40. The summed E-state index contributed by atoms with van der Waals surface area (Å²) in [7, 11) is 0. The molecular formula is C17H22F2N2O3. The Hall–Kier alpha value is -1.73. The molecule has 0 radical (unpaired) electrons. The number of hydrogen-bond acceptors (Lipinski definition) is 3. The van der Waals surface area contributed by atoms with Crippen molar-refractivity contribution in [1.82, 2.24) is 10.6 Å². The summed E-state index contributed by atoms with van der Waals surface area (Å²) in [6.07, 6.45) is 3.39. The van der Waals surface area contributed by atoms with Crippen LogP contribution in [0.5, 0.6) is 0 Å². The SMILES string of the molecule is O=C(NCC1(O)CCCC1)N[C@@H]1CCO[C@@H]1c1ccc(F)c(F)c1. The van der Waals surface area contributed by atoms with E-state index in [1.165, 1.54) is 6.07 Å².